The predicted octanol–water partition coefficient (Wildman–Crippen LogP) is 5.28. The molecule has 3 aromatic rings. The lowest BCUT2D eigenvalue weighted by Crippen LogP contribution is -2.33. The third kappa shape index (κ3) is 4.33. The van der Waals surface area contributed by atoms with E-state index in [1.807, 2.05) is 63.4 Å². The molecule has 4 rings (SSSR count). The van der Waals surface area contributed by atoms with Crippen LogP contribution in [0.15, 0.2) is 41.8 Å². The van der Waals surface area contributed by atoms with Gasteiger partial charge in [0.05, 0.1) is 11.1 Å². The molecule has 1 aliphatic rings. The number of ketones is 1. The van der Waals surface area contributed by atoms with Gasteiger partial charge in [0.2, 0.25) is 11.8 Å². The number of aromatic nitrogens is 1. The van der Waals surface area contributed by atoms with Crippen LogP contribution in [-0.2, 0) is 15.0 Å². The molecule has 2 aromatic carbocycles. The number of nitrogens with one attached hydrogen (secondary N) is 1. The Morgan fingerprint density at radius 1 is 1.06 bits per heavy atom. The van der Waals surface area contributed by atoms with Gasteiger partial charge in [0.15, 0.2) is 10.9 Å². The maximum Gasteiger partial charge on any atom is 0.236 e. The average molecular weight is 462 g/mol. The standard InChI is InChI=1S/C26H27N3O3S/c1-15-6-7-18(12-16(15)2)22(30)10-11-23(31)28-25-27-20(14-33-25)17-8-9-21-19(13-17)26(3,4)24(32)29(21)5/h6-9,12-14H,10-11H2,1-5H3,(H,27,28,31). The third-order valence-corrected chi connectivity index (χ3v) is 7.08. The van der Waals surface area contributed by atoms with E-state index in [1.165, 1.54) is 11.3 Å². The summed E-state index contributed by atoms with van der Waals surface area (Å²) in [5, 5.41) is 5.16. The molecule has 1 aliphatic heterocycles. The molecule has 0 bridgehead atoms. The van der Waals surface area contributed by atoms with E-state index < -0.39 is 5.41 Å². The van der Waals surface area contributed by atoms with Crippen LogP contribution in [0.25, 0.3) is 11.3 Å². The summed E-state index contributed by atoms with van der Waals surface area (Å²) in [4.78, 5) is 43.6. The molecule has 1 aromatic heterocycles. The van der Waals surface area contributed by atoms with E-state index in [4.69, 9.17) is 0 Å². The number of likely N-dealkylation sites (N-methyl/N-ethyl adjacent to an activating group) is 1. The normalized spacial score (nSPS) is 14.3. The second-order valence-electron chi connectivity index (χ2n) is 9.03. The summed E-state index contributed by atoms with van der Waals surface area (Å²) in [5.74, 6) is -0.222. The monoisotopic (exact) mass is 461 g/mol. The number of nitrogens with zero attached hydrogens (tertiary/aromatic N) is 2. The van der Waals surface area contributed by atoms with E-state index in [0.717, 1.165) is 33.6 Å². The van der Waals surface area contributed by atoms with Crippen molar-refractivity contribution in [3.05, 3.63) is 64.0 Å². The molecule has 170 valence electrons. The number of hydrogen-bond acceptors (Lipinski definition) is 5. The second kappa shape index (κ2) is 8.56. The van der Waals surface area contributed by atoms with Gasteiger partial charge in [-0.05, 0) is 62.6 Å². The summed E-state index contributed by atoms with van der Waals surface area (Å²) in [5.41, 5.74) is 5.75. The van der Waals surface area contributed by atoms with E-state index in [0.29, 0.717) is 10.7 Å². The maximum absolute atomic E-state index is 12.5. The molecule has 0 atom stereocenters. The van der Waals surface area contributed by atoms with Gasteiger partial charge in [-0.1, -0.05) is 18.2 Å². The van der Waals surface area contributed by atoms with E-state index in [1.54, 1.807) is 18.0 Å². The summed E-state index contributed by atoms with van der Waals surface area (Å²) in [6, 6.07) is 11.5. The van der Waals surface area contributed by atoms with E-state index in [2.05, 4.69) is 10.3 Å². The minimum atomic E-state index is -0.588. The van der Waals surface area contributed by atoms with Gasteiger partial charge < -0.3 is 10.2 Å². The lowest BCUT2D eigenvalue weighted by Gasteiger charge is -2.16. The minimum Gasteiger partial charge on any atom is -0.314 e. The molecule has 33 heavy (non-hydrogen) atoms. The molecule has 0 radical (unpaired) electrons. The maximum atomic E-state index is 12.5. The molecular formula is C26H27N3O3S. The predicted molar refractivity (Wildman–Crippen MR) is 132 cm³/mol. The zero-order chi connectivity index (χ0) is 23.9. The molecular weight excluding hydrogens is 434 g/mol. The first-order valence-electron chi connectivity index (χ1n) is 10.9. The topological polar surface area (TPSA) is 79.4 Å². The fourth-order valence-electron chi connectivity index (χ4n) is 4.06. The quantitative estimate of drug-likeness (QED) is 0.507. The minimum absolute atomic E-state index is 0.0478. The van der Waals surface area contributed by atoms with Crippen LogP contribution < -0.4 is 10.2 Å². The number of thiazole rings is 1. The van der Waals surface area contributed by atoms with Crippen LogP contribution in [0.5, 0.6) is 0 Å². The van der Waals surface area contributed by atoms with E-state index in [9.17, 15) is 14.4 Å². The van der Waals surface area contributed by atoms with Gasteiger partial charge in [-0.25, -0.2) is 4.98 Å². The van der Waals surface area contributed by atoms with Gasteiger partial charge >= 0.3 is 0 Å². The van der Waals surface area contributed by atoms with Crippen molar-refractivity contribution >= 4 is 39.8 Å². The van der Waals surface area contributed by atoms with Crippen LogP contribution >= 0.6 is 11.3 Å². The van der Waals surface area contributed by atoms with Gasteiger partial charge in [-0.15, -0.1) is 11.3 Å². The number of Topliss-reactive ketones (excluding diaryl/α,β-unsaturated/α-hetero) is 1. The molecule has 0 saturated carbocycles. The molecule has 6 nitrogen and oxygen atoms in total. The molecule has 0 aliphatic carbocycles. The number of aryl methyl sites for hydroxylation is 2. The van der Waals surface area contributed by atoms with Gasteiger partial charge in [0, 0.05) is 42.1 Å². The lowest BCUT2D eigenvalue weighted by atomic mass is 9.85. The number of fused-ring (bicyclic) bond motifs is 1. The molecule has 0 unspecified atom stereocenters. The van der Waals surface area contributed by atoms with Crippen molar-refractivity contribution in [2.45, 2.75) is 46.0 Å². The van der Waals surface area contributed by atoms with Gasteiger partial charge in [0.1, 0.15) is 0 Å². The number of carbonyl (C=O) groups is 3. The van der Waals surface area contributed by atoms with Crippen molar-refractivity contribution in [1.82, 2.24) is 4.98 Å². The van der Waals surface area contributed by atoms with E-state index >= 15 is 0 Å². The van der Waals surface area contributed by atoms with Crippen LogP contribution in [0, 0.1) is 13.8 Å². The Kier molecular flexibility index (Phi) is 5.93. The molecule has 1 N–H and O–H groups in total. The zero-order valence-electron chi connectivity index (χ0n) is 19.5. The Bertz CT molecular complexity index is 1280. The number of benzene rings is 2. The highest BCUT2D eigenvalue weighted by Crippen LogP contribution is 2.42. The lowest BCUT2D eigenvalue weighted by molar-refractivity contribution is -0.121. The largest absolute Gasteiger partial charge is 0.314 e. The second-order valence-corrected chi connectivity index (χ2v) is 9.89. The first-order chi connectivity index (χ1) is 15.6. The highest BCUT2D eigenvalue weighted by Gasteiger charge is 2.42. The average Bonchev–Trinajstić information content (AvgIpc) is 3.31. The Morgan fingerprint density at radius 2 is 1.82 bits per heavy atom. The summed E-state index contributed by atoms with van der Waals surface area (Å²) in [6.45, 7) is 7.82. The molecule has 0 saturated heterocycles. The summed E-state index contributed by atoms with van der Waals surface area (Å²) >= 11 is 1.34. The van der Waals surface area contributed by atoms with Crippen LogP contribution in [0.2, 0.25) is 0 Å². The van der Waals surface area contributed by atoms with Gasteiger partial charge in [-0.3, -0.25) is 14.4 Å². The summed E-state index contributed by atoms with van der Waals surface area (Å²) in [6.07, 6.45) is 0.246. The van der Waals surface area contributed by atoms with Crippen molar-refractivity contribution in [1.29, 1.82) is 0 Å². The van der Waals surface area contributed by atoms with Crippen molar-refractivity contribution in [3.63, 3.8) is 0 Å². The number of hydrogen-bond donors (Lipinski definition) is 1. The van der Waals surface area contributed by atoms with Crippen LogP contribution in [-0.4, -0.2) is 29.6 Å². The van der Waals surface area contributed by atoms with Gasteiger partial charge in [0.25, 0.3) is 0 Å². The Morgan fingerprint density at radius 3 is 2.55 bits per heavy atom. The highest BCUT2D eigenvalue weighted by molar-refractivity contribution is 7.14. The van der Waals surface area contributed by atoms with Crippen molar-refractivity contribution in [2.24, 2.45) is 0 Å². The van der Waals surface area contributed by atoms with Crippen molar-refractivity contribution in [2.75, 3.05) is 17.3 Å². The van der Waals surface area contributed by atoms with Crippen molar-refractivity contribution < 1.29 is 14.4 Å². The molecule has 0 fully saturated rings. The Labute approximate surface area is 197 Å². The summed E-state index contributed by atoms with van der Waals surface area (Å²) < 4.78 is 0. The first kappa shape index (κ1) is 22.9. The fourth-order valence-corrected chi connectivity index (χ4v) is 4.80. The molecule has 7 heteroatoms. The number of anilines is 2. The number of rotatable bonds is 6. The SMILES string of the molecule is Cc1ccc(C(=O)CCC(=O)Nc2nc(-c3ccc4c(c3)C(C)(C)C(=O)N4C)cs2)cc1C. The Hall–Kier alpha value is -3.32. The number of carbonyl (C=O) groups excluding carboxylic acids is 3. The Balaban J connectivity index is 1.41. The summed E-state index contributed by atoms with van der Waals surface area (Å²) in [7, 11) is 1.79. The van der Waals surface area contributed by atoms with Crippen molar-refractivity contribution in [3.8, 4) is 11.3 Å². The number of amides is 2. The zero-order valence-corrected chi connectivity index (χ0v) is 20.3. The highest BCUT2D eigenvalue weighted by atomic mass is 32.1. The third-order valence-electron chi connectivity index (χ3n) is 6.32. The first-order valence-corrected chi connectivity index (χ1v) is 11.7. The van der Waals surface area contributed by atoms with Crippen LogP contribution in [0.3, 0.4) is 0 Å². The van der Waals surface area contributed by atoms with E-state index in [-0.39, 0.29) is 30.4 Å². The molecule has 0 spiro atoms. The van der Waals surface area contributed by atoms with Crippen LogP contribution in [0.4, 0.5) is 10.8 Å². The molecule has 2 amide bonds. The smallest absolute Gasteiger partial charge is 0.236 e. The van der Waals surface area contributed by atoms with Gasteiger partial charge in [-0.2, -0.15) is 0 Å². The van der Waals surface area contributed by atoms with Crippen LogP contribution in [0.1, 0.15) is 53.7 Å². The molecule has 2 heterocycles. The fraction of sp³-hybridized carbons (Fsp3) is 0.308.